The van der Waals surface area contributed by atoms with E-state index in [0.717, 1.165) is 0 Å². The molecule has 0 amide bonds. The highest BCUT2D eigenvalue weighted by atomic mass is 32.1. The normalized spacial score (nSPS) is 13.0. The van der Waals surface area contributed by atoms with Crippen molar-refractivity contribution < 1.29 is 0 Å². The summed E-state index contributed by atoms with van der Waals surface area (Å²) in [6.45, 7) is 3.55. The first kappa shape index (κ1) is 6.35. The fourth-order valence-electron chi connectivity index (χ4n) is 0.462. The Morgan fingerprint density at radius 3 is 3.00 bits per heavy atom. The molecule has 0 bridgehead atoms. The third-order valence-electron chi connectivity index (χ3n) is 0.918. The first-order valence-corrected chi connectivity index (χ1v) is 3.01. The van der Waals surface area contributed by atoms with Crippen molar-refractivity contribution in [3.05, 3.63) is 25.3 Å². The van der Waals surface area contributed by atoms with Crippen LogP contribution in [-0.4, -0.2) is 14.8 Å². The Morgan fingerprint density at radius 1 is 1.78 bits per heavy atom. The Balaban J connectivity index is 2.76. The number of aromatic nitrogens is 3. The molecule has 4 heteroatoms. The summed E-state index contributed by atoms with van der Waals surface area (Å²) >= 11 is 4.13. The highest BCUT2D eigenvalue weighted by Crippen LogP contribution is 2.07. The molecule has 9 heavy (non-hydrogen) atoms. The molecule has 1 aromatic rings. The van der Waals surface area contributed by atoms with Crippen molar-refractivity contribution in [2.75, 3.05) is 0 Å². The molecule has 1 unspecified atom stereocenters. The molecule has 48 valence electrons. The van der Waals surface area contributed by atoms with Crippen LogP contribution in [0, 0.1) is 0 Å². The Labute approximate surface area is 58.8 Å². The zero-order chi connectivity index (χ0) is 6.69. The van der Waals surface area contributed by atoms with Crippen LogP contribution in [0.25, 0.3) is 0 Å². The van der Waals surface area contributed by atoms with Gasteiger partial charge in [-0.2, -0.15) is 5.10 Å². The third-order valence-corrected chi connectivity index (χ3v) is 1.37. The quantitative estimate of drug-likeness (QED) is 0.490. The van der Waals surface area contributed by atoms with Crippen molar-refractivity contribution in [1.29, 1.82) is 0 Å². The van der Waals surface area contributed by atoms with E-state index in [4.69, 9.17) is 0 Å². The average Bonchev–Trinajstić information content (AvgIpc) is 2.37. The molecule has 3 nitrogen and oxygen atoms in total. The molecule has 1 aromatic heterocycles. The monoisotopic (exact) mass is 141 g/mol. The summed E-state index contributed by atoms with van der Waals surface area (Å²) in [5.41, 5.74) is 0. The van der Waals surface area contributed by atoms with E-state index in [9.17, 15) is 0 Å². The van der Waals surface area contributed by atoms with Gasteiger partial charge in [0.1, 0.15) is 18.0 Å². The lowest BCUT2D eigenvalue weighted by molar-refractivity contribution is 0.688. The summed E-state index contributed by atoms with van der Waals surface area (Å²) < 4.78 is 1.61. The summed E-state index contributed by atoms with van der Waals surface area (Å²) in [5.74, 6) is 0. The van der Waals surface area contributed by atoms with Gasteiger partial charge in [-0.15, -0.1) is 19.2 Å². The second kappa shape index (κ2) is 2.68. The minimum Gasteiger partial charge on any atom is -0.236 e. The van der Waals surface area contributed by atoms with Crippen molar-refractivity contribution in [2.45, 2.75) is 5.37 Å². The summed E-state index contributed by atoms with van der Waals surface area (Å²) in [7, 11) is 0. The molecule has 0 fully saturated rings. The molecule has 0 radical (unpaired) electrons. The lowest BCUT2D eigenvalue weighted by Crippen LogP contribution is -1.98. The van der Waals surface area contributed by atoms with Gasteiger partial charge in [0.2, 0.25) is 0 Å². The molecule has 0 saturated carbocycles. The van der Waals surface area contributed by atoms with Crippen LogP contribution in [-0.2, 0) is 0 Å². The molecular weight excluding hydrogens is 134 g/mol. The maximum Gasteiger partial charge on any atom is 0.137 e. The summed E-state index contributed by atoms with van der Waals surface area (Å²) in [6.07, 6.45) is 4.74. The number of hydrogen-bond acceptors (Lipinski definition) is 3. The van der Waals surface area contributed by atoms with Crippen molar-refractivity contribution in [3.63, 3.8) is 0 Å². The van der Waals surface area contributed by atoms with E-state index in [1.54, 1.807) is 17.1 Å². The summed E-state index contributed by atoms with van der Waals surface area (Å²) in [6, 6.07) is 0. The lowest BCUT2D eigenvalue weighted by atomic mass is 10.6. The maximum absolute atomic E-state index is 4.13. The Morgan fingerprint density at radius 2 is 2.56 bits per heavy atom. The van der Waals surface area contributed by atoms with Gasteiger partial charge in [0.05, 0.1) is 0 Å². The fraction of sp³-hybridized carbons (Fsp3) is 0.200. The van der Waals surface area contributed by atoms with Crippen LogP contribution in [0.4, 0.5) is 0 Å². The first-order chi connectivity index (χ1) is 4.34. The molecule has 1 atom stereocenters. The zero-order valence-electron chi connectivity index (χ0n) is 4.81. The van der Waals surface area contributed by atoms with Crippen LogP contribution in [0.3, 0.4) is 0 Å². The van der Waals surface area contributed by atoms with Gasteiger partial charge in [-0.1, -0.05) is 6.08 Å². The third kappa shape index (κ3) is 1.32. The van der Waals surface area contributed by atoms with Crippen molar-refractivity contribution in [3.8, 4) is 0 Å². The van der Waals surface area contributed by atoms with Crippen LogP contribution in [0.15, 0.2) is 25.3 Å². The Bertz CT molecular complexity index is 182. The van der Waals surface area contributed by atoms with Crippen molar-refractivity contribution >= 4 is 12.6 Å². The lowest BCUT2D eigenvalue weighted by Gasteiger charge is -2.01. The summed E-state index contributed by atoms with van der Waals surface area (Å²) in [4.78, 5) is 3.75. The van der Waals surface area contributed by atoms with Gasteiger partial charge in [-0.25, -0.2) is 9.67 Å². The number of thiol groups is 1. The topological polar surface area (TPSA) is 30.7 Å². The van der Waals surface area contributed by atoms with Gasteiger partial charge in [-0.05, 0) is 0 Å². The zero-order valence-corrected chi connectivity index (χ0v) is 5.70. The predicted octanol–water partition coefficient (Wildman–Crippen LogP) is 0.893. The van der Waals surface area contributed by atoms with Crippen molar-refractivity contribution in [2.24, 2.45) is 0 Å². The number of rotatable bonds is 2. The summed E-state index contributed by atoms with van der Waals surface area (Å²) in [5, 5.41) is 3.78. The minimum absolute atomic E-state index is 0.0625. The van der Waals surface area contributed by atoms with Gasteiger partial charge >= 0.3 is 0 Å². The fourth-order valence-corrected chi connectivity index (χ4v) is 0.581. The highest BCUT2D eigenvalue weighted by Gasteiger charge is 1.96. The molecule has 1 heterocycles. The van der Waals surface area contributed by atoms with Crippen LogP contribution in [0.1, 0.15) is 5.37 Å². The molecule has 0 spiro atoms. The molecule has 0 aliphatic heterocycles. The standard InChI is InChI=1S/C5H7N3S/c1-2-5(9)8-4-6-3-7-8/h2-5,9H,1H2. The van der Waals surface area contributed by atoms with Crippen LogP contribution >= 0.6 is 12.6 Å². The van der Waals surface area contributed by atoms with Crippen LogP contribution in [0.5, 0.6) is 0 Å². The molecule has 0 aliphatic rings. The average molecular weight is 141 g/mol. The van der Waals surface area contributed by atoms with Gasteiger partial charge in [0.25, 0.3) is 0 Å². The number of nitrogens with zero attached hydrogens (tertiary/aromatic N) is 3. The number of hydrogen-bond donors (Lipinski definition) is 1. The molecule has 1 rings (SSSR count). The molecule has 0 aliphatic carbocycles. The van der Waals surface area contributed by atoms with Crippen LogP contribution in [0.2, 0.25) is 0 Å². The minimum atomic E-state index is -0.0625. The van der Waals surface area contributed by atoms with E-state index >= 15 is 0 Å². The second-order valence-electron chi connectivity index (χ2n) is 1.52. The molecule has 0 aromatic carbocycles. The first-order valence-electron chi connectivity index (χ1n) is 2.49. The van der Waals surface area contributed by atoms with Crippen LogP contribution < -0.4 is 0 Å². The van der Waals surface area contributed by atoms with E-state index in [2.05, 4.69) is 29.3 Å². The Kier molecular flexibility index (Phi) is 1.89. The van der Waals surface area contributed by atoms with Gasteiger partial charge < -0.3 is 0 Å². The Hall–Kier alpha value is -0.770. The molecule has 0 saturated heterocycles. The van der Waals surface area contributed by atoms with Crippen molar-refractivity contribution in [1.82, 2.24) is 14.8 Å². The van der Waals surface area contributed by atoms with E-state index in [1.165, 1.54) is 6.33 Å². The predicted molar refractivity (Wildman–Crippen MR) is 38.2 cm³/mol. The highest BCUT2D eigenvalue weighted by molar-refractivity contribution is 7.80. The second-order valence-corrected chi connectivity index (χ2v) is 2.05. The smallest absolute Gasteiger partial charge is 0.137 e. The largest absolute Gasteiger partial charge is 0.236 e. The maximum atomic E-state index is 4.13. The van der Waals surface area contributed by atoms with E-state index in [0.29, 0.717) is 0 Å². The molecule has 0 N–H and O–H groups in total. The SMILES string of the molecule is C=CC(S)n1cncn1. The molecular formula is C5H7N3S. The van der Waals surface area contributed by atoms with Gasteiger partial charge in [-0.3, -0.25) is 0 Å². The van der Waals surface area contributed by atoms with Gasteiger partial charge in [0, 0.05) is 0 Å². The van der Waals surface area contributed by atoms with E-state index in [1.807, 2.05) is 0 Å². The van der Waals surface area contributed by atoms with E-state index in [-0.39, 0.29) is 5.37 Å². The van der Waals surface area contributed by atoms with Gasteiger partial charge in [0.15, 0.2) is 0 Å². The van der Waals surface area contributed by atoms with E-state index < -0.39 is 0 Å².